The first kappa shape index (κ1) is 54.3. The molecule has 14 nitrogen and oxygen atoms in total. The van der Waals surface area contributed by atoms with Crippen LogP contribution in [0.1, 0.15) is 54.2 Å². The third kappa shape index (κ3) is 15.8. The van der Waals surface area contributed by atoms with Crippen LogP contribution in [0.25, 0.3) is 0 Å². The normalized spacial score (nSPS) is 24.6. The Balaban J connectivity index is 1.31. The van der Waals surface area contributed by atoms with Crippen molar-refractivity contribution in [3.05, 3.63) is 215 Å². The number of carbonyl (C=O) groups excluding carboxylic acids is 3. The summed E-state index contributed by atoms with van der Waals surface area (Å²) in [6, 6.07) is 52.8. The molecule has 6 aromatic carbocycles. The number of nitrogens with zero attached hydrogens (tertiary/aromatic N) is 1. The molecule has 2 unspecified atom stereocenters. The Kier molecular flexibility index (Phi) is 19.9. The van der Waals surface area contributed by atoms with Gasteiger partial charge in [0, 0.05) is 27.0 Å². The smallest absolute Gasteiger partial charge is 0.303 e. The number of hydrogen-bond donors (Lipinski definition) is 0. The van der Waals surface area contributed by atoms with Crippen LogP contribution in [0.4, 0.5) is 4.39 Å². The Bertz CT molecular complexity index is 2600. The van der Waals surface area contributed by atoms with Crippen molar-refractivity contribution in [3.63, 3.8) is 0 Å². The third-order valence-electron chi connectivity index (χ3n) is 12.6. The zero-order valence-corrected chi connectivity index (χ0v) is 42.0. The molecule has 0 aromatic heterocycles. The molecule has 0 radical (unpaired) electrons. The van der Waals surface area contributed by atoms with E-state index in [1.165, 1.54) is 51.3 Å². The first-order valence-corrected chi connectivity index (χ1v) is 24.9. The molecule has 0 spiro atoms. The number of benzene rings is 6. The van der Waals surface area contributed by atoms with Crippen LogP contribution in [0, 0.1) is 5.82 Å². The standard InChI is InChI=1S/C60H62FNO13/c1-40(63)66-39-50-52(72-41(2)64)53(73-42(3)65)51(62-33-43-29-31-49(61)32-30-43)60(74-50)75-59-57(70-37-47-25-15-7-16-26-47)55(68-35-45-21-11-5-12-22-45)54(67-34-44-19-9-4-10-20-44)56(69-36-46-23-13-6-14-24-46)58(59)71-38-48-27-17-8-18-28-48/h4-33,50-60H,34-39H2,1-3H3/t50-,51-,52-,53-,54?,55-,56-,57-,58+,59?,60-/m1/s1. The van der Waals surface area contributed by atoms with E-state index in [9.17, 15) is 18.8 Å². The third-order valence-corrected chi connectivity index (χ3v) is 12.6. The van der Waals surface area contributed by atoms with Gasteiger partial charge in [-0.05, 0) is 45.5 Å². The summed E-state index contributed by atoms with van der Waals surface area (Å²) in [5.41, 5.74) is 4.83. The SMILES string of the molecule is CC(=O)OC[C@H]1O[C@H](OC2[C@@H](OCc3ccccc3)[C@H](OCc3ccccc3)C(OCc3ccccc3)[C@@H](OCc3ccccc3)[C@H]2OCc2ccccc2)[C@H](N=Cc2ccc(F)cc2)[C@@H](OC(C)=O)[C@@H]1OC(C)=O. The molecule has 8 rings (SSSR count). The minimum atomic E-state index is -1.50. The quantitative estimate of drug-likeness (QED) is 0.0341. The molecule has 1 aliphatic carbocycles. The minimum Gasteiger partial charge on any atom is -0.463 e. The van der Waals surface area contributed by atoms with Gasteiger partial charge in [-0.25, -0.2) is 4.39 Å². The van der Waals surface area contributed by atoms with Crippen LogP contribution in [-0.4, -0.2) is 98.0 Å². The van der Waals surface area contributed by atoms with Gasteiger partial charge < -0.3 is 47.4 Å². The van der Waals surface area contributed by atoms with E-state index in [0.29, 0.717) is 5.56 Å². The fourth-order valence-electron chi connectivity index (χ4n) is 9.09. The van der Waals surface area contributed by atoms with E-state index in [1.807, 2.05) is 152 Å². The molecule has 2 aliphatic rings. The molecule has 1 saturated carbocycles. The fraction of sp³-hybridized carbons (Fsp3) is 0.333. The summed E-state index contributed by atoms with van der Waals surface area (Å²) in [7, 11) is 0. The predicted octanol–water partition coefficient (Wildman–Crippen LogP) is 9.09. The average molecular weight is 1020 g/mol. The average Bonchev–Trinajstić information content (AvgIpc) is 3.43. The fourth-order valence-corrected chi connectivity index (χ4v) is 9.09. The molecule has 0 N–H and O–H groups in total. The Morgan fingerprint density at radius 3 is 1.15 bits per heavy atom. The first-order valence-electron chi connectivity index (χ1n) is 24.9. The molecule has 1 heterocycles. The van der Waals surface area contributed by atoms with Gasteiger partial charge in [0.05, 0.1) is 33.0 Å². The summed E-state index contributed by atoms with van der Waals surface area (Å²) in [6.07, 6.45) is -10.2. The summed E-state index contributed by atoms with van der Waals surface area (Å²) < 4.78 is 81.3. The molecule has 1 saturated heterocycles. The predicted molar refractivity (Wildman–Crippen MR) is 274 cm³/mol. The van der Waals surface area contributed by atoms with Gasteiger partial charge in [-0.3, -0.25) is 19.4 Å². The van der Waals surface area contributed by atoms with Crippen molar-refractivity contribution in [1.82, 2.24) is 0 Å². The lowest BCUT2D eigenvalue weighted by atomic mass is 9.83. The first-order chi connectivity index (χ1) is 36.6. The van der Waals surface area contributed by atoms with Crippen molar-refractivity contribution < 1.29 is 66.1 Å². The highest BCUT2D eigenvalue weighted by Gasteiger charge is 2.58. The van der Waals surface area contributed by atoms with Gasteiger partial charge >= 0.3 is 17.9 Å². The monoisotopic (exact) mass is 1020 g/mol. The number of carbonyl (C=O) groups is 3. The van der Waals surface area contributed by atoms with Gasteiger partial charge in [0.1, 0.15) is 61.2 Å². The van der Waals surface area contributed by atoms with Crippen molar-refractivity contribution >= 4 is 24.1 Å². The van der Waals surface area contributed by atoms with Crippen LogP contribution in [0.15, 0.2) is 181 Å². The Morgan fingerprint density at radius 1 is 0.453 bits per heavy atom. The van der Waals surface area contributed by atoms with Crippen LogP contribution >= 0.6 is 0 Å². The highest BCUT2D eigenvalue weighted by molar-refractivity contribution is 5.79. The number of aliphatic imine (C=N–C) groups is 1. The van der Waals surface area contributed by atoms with E-state index in [4.69, 9.17) is 52.4 Å². The van der Waals surface area contributed by atoms with Crippen LogP contribution < -0.4 is 0 Å². The zero-order valence-electron chi connectivity index (χ0n) is 42.0. The number of rotatable bonds is 23. The van der Waals surface area contributed by atoms with Crippen LogP contribution in [0.5, 0.6) is 0 Å². The van der Waals surface area contributed by atoms with Gasteiger partial charge in [0.15, 0.2) is 18.5 Å². The molecule has 75 heavy (non-hydrogen) atoms. The van der Waals surface area contributed by atoms with Crippen molar-refractivity contribution in [3.8, 4) is 0 Å². The number of halogens is 1. The van der Waals surface area contributed by atoms with Crippen molar-refractivity contribution in [2.75, 3.05) is 6.61 Å². The van der Waals surface area contributed by atoms with E-state index in [1.54, 1.807) is 0 Å². The molecular weight excluding hydrogens is 962 g/mol. The Hall–Kier alpha value is -6.95. The largest absolute Gasteiger partial charge is 0.463 e. The summed E-state index contributed by atoms with van der Waals surface area (Å²) >= 11 is 0. The minimum absolute atomic E-state index is 0.0836. The van der Waals surface area contributed by atoms with E-state index < -0.39 is 97.6 Å². The topological polar surface area (TPSA) is 156 Å². The molecule has 15 heteroatoms. The molecule has 0 bridgehead atoms. The molecular formula is C60H62FNO13. The molecule has 0 amide bonds. The van der Waals surface area contributed by atoms with Gasteiger partial charge in [0.25, 0.3) is 0 Å². The van der Waals surface area contributed by atoms with Crippen molar-refractivity contribution in [2.24, 2.45) is 4.99 Å². The maximum absolute atomic E-state index is 14.2. The molecule has 1 aliphatic heterocycles. The number of hydrogen-bond acceptors (Lipinski definition) is 14. The van der Waals surface area contributed by atoms with Crippen LogP contribution in [0.3, 0.4) is 0 Å². The maximum atomic E-state index is 14.2. The van der Waals surface area contributed by atoms with Gasteiger partial charge in [-0.1, -0.05) is 164 Å². The molecule has 11 atom stereocenters. The second-order valence-electron chi connectivity index (χ2n) is 18.2. The number of esters is 3. The molecule has 392 valence electrons. The molecule has 2 fully saturated rings. The lowest BCUT2D eigenvalue weighted by molar-refractivity contribution is -0.337. The van der Waals surface area contributed by atoms with Gasteiger partial charge in [-0.15, -0.1) is 0 Å². The summed E-state index contributed by atoms with van der Waals surface area (Å²) in [6.45, 7) is 3.78. The Labute approximate surface area is 436 Å². The number of ether oxygens (including phenoxy) is 10. The van der Waals surface area contributed by atoms with Crippen molar-refractivity contribution in [1.29, 1.82) is 0 Å². The van der Waals surface area contributed by atoms with Gasteiger partial charge in [-0.2, -0.15) is 0 Å². The zero-order chi connectivity index (χ0) is 52.4. The van der Waals surface area contributed by atoms with Crippen molar-refractivity contribution in [2.45, 2.75) is 121 Å². The summed E-state index contributed by atoms with van der Waals surface area (Å²) in [5, 5.41) is 0. The molecule has 6 aromatic rings. The summed E-state index contributed by atoms with van der Waals surface area (Å²) in [5.74, 6) is -2.58. The van der Waals surface area contributed by atoms with E-state index in [-0.39, 0.29) is 33.0 Å². The highest BCUT2D eigenvalue weighted by Crippen LogP contribution is 2.39. The van der Waals surface area contributed by atoms with E-state index >= 15 is 0 Å². The second-order valence-corrected chi connectivity index (χ2v) is 18.2. The second kappa shape index (κ2) is 27.5. The Morgan fingerprint density at radius 2 is 0.800 bits per heavy atom. The van der Waals surface area contributed by atoms with Crippen LogP contribution in [0.2, 0.25) is 0 Å². The highest BCUT2D eigenvalue weighted by atomic mass is 19.1. The van der Waals surface area contributed by atoms with Gasteiger partial charge in [0.2, 0.25) is 0 Å². The van der Waals surface area contributed by atoms with E-state index in [0.717, 1.165) is 27.8 Å². The summed E-state index contributed by atoms with van der Waals surface area (Å²) in [4.78, 5) is 43.4. The maximum Gasteiger partial charge on any atom is 0.303 e. The lowest BCUT2D eigenvalue weighted by Crippen LogP contribution is -2.69. The lowest BCUT2D eigenvalue weighted by Gasteiger charge is -2.51. The van der Waals surface area contributed by atoms with Crippen LogP contribution in [-0.2, 0) is 94.8 Å². The van der Waals surface area contributed by atoms with E-state index in [2.05, 4.69) is 0 Å².